The molecule has 0 radical (unpaired) electrons. The van der Waals surface area contributed by atoms with Crippen LogP contribution in [0.2, 0.25) is 0 Å². The molecular formula is C17H27NO3S. The smallest absolute Gasteiger partial charge is 0.223 e. The van der Waals surface area contributed by atoms with E-state index in [1.54, 1.807) is 17.0 Å². The molecule has 0 N–H and O–H groups in total. The van der Waals surface area contributed by atoms with E-state index < -0.39 is 9.84 Å². The highest BCUT2D eigenvalue weighted by molar-refractivity contribution is 7.91. The van der Waals surface area contributed by atoms with E-state index in [2.05, 4.69) is 20.8 Å². The number of carbonyl (C=O) groups excluding carboxylic acids is 1. The minimum Gasteiger partial charge on any atom is -0.343 e. The Hall–Kier alpha value is -1.36. The van der Waals surface area contributed by atoms with Crippen molar-refractivity contribution >= 4 is 15.7 Å². The van der Waals surface area contributed by atoms with Crippen molar-refractivity contribution in [3.63, 3.8) is 0 Å². The van der Waals surface area contributed by atoms with Gasteiger partial charge in [-0.1, -0.05) is 32.9 Å². The highest BCUT2D eigenvalue weighted by Crippen LogP contribution is 2.24. The molecule has 124 valence electrons. The molecule has 1 aromatic carbocycles. The van der Waals surface area contributed by atoms with Crippen LogP contribution < -0.4 is 0 Å². The van der Waals surface area contributed by atoms with Crippen LogP contribution in [0.5, 0.6) is 0 Å². The van der Waals surface area contributed by atoms with Crippen molar-refractivity contribution in [1.82, 2.24) is 4.90 Å². The maximum absolute atomic E-state index is 12.3. The van der Waals surface area contributed by atoms with E-state index in [-0.39, 0.29) is 28.4 Å². The van der Waals surface area contributed by atoms with Gasteiger partial charge in [0.05, 0.1) is 10.6 Å². The highest BCUT2D eigenvalue weighted by Gasteiger charge is 2.20. The summed E-state index contributed by atoms with van der Waals surface area (Å²) < 4.78 is 24.7. The molecule has 0 saturated carbocycles. The van der Waals surface area contributed by atoms with Crippen molar-refractivity contribution in [1.29, 1.82) is 0 Å². The number of nitrogens with zero attached hydrogens (tertiary/aromatic N) is 1. The molecule has 4 nitrogen and oxygen atoms in total. The molecule has 0 heterocycles. The number of sulfone groups is 1. The molecule has 0 atom stereocenters. The normalized spacial score (nSPS) is 12.2. The van der Waals surface area contributed by atoms with E-state index in [0.717, 1.165) is 5.56 Å². The summed E-state index contributed by atoms with van der Waals surface area (Å²) in [5, 5.41) is 0. The first kappa shape index (κ1) is 18.7. The molecule has 0 unspecified atom stereocenters. The quantitative estimate of drug-likeness (QED) is 0.808. The number of carbonyl (C=O) groups is 1. The molecule has 0 aliphatic carbocycles. The van der Waals surface area contributed by atoms with E-state index in [4.69, 9.17) is 0 Å². The standard InChI is InChI=1S/C17H27NO3S/c1-6-18(7-2)16(19)12-13-22(20,21)15-10-8-14(9-11-15)17(3,4)5/h8-11H,6-7,12-13H2,1-5H3. The minimum absolute atomic E-state index is 0.0129. The zero-order chi connectivity index (χ0) is 17.0. The minimum atomic E-state index is -3.42. The molecule has 5 heteroatoms. The third kappa shape index (κ3) is 4.83. The summed E-state index contributed by atoms with van der Waals surface area (Å²) >= 11 is 0. The fourth-order valence-electron chi connectivity index (χ4n) is 2.24. The molecule has 1 amide bonds. The number of benzene rings is 1. The fourth-order valence-corrected chi connectivity index (χ4v) is 3.47. The molecule has 1 rings (SSSR count). The lowest BCUT2D eigenvalue weighted by Crippen LogP contribution is -2.31. The van der Waals surface area contributed by atoms with Crippen LogP contribution in [0.4, 0.5) is 0 Å². The van der Waals surface area contributed by atoms with Crippen LogP contribution in [0.15, 0.2) is 29.2 Å². The van der Waals surface area contributed by atoms with Crippen molar-refractivity contribution in [2.24, 2.45) is 0 Å². The van der Waals surface area contributed by atoms with Gasteiger partial charge in [0.15, 0.2) is 9.84 Å². The van der Waals surface area contributed by atoms with Crippen LogP contribution in [0.25, 0.3) is 0 Å². The second-order valence-corrected chi connectivity index (χ2v) is 8.52. The topological polar surface area (TPSA) is 54.5 Å². The molecule has 0 fully saturated rings. The van der Waals surface area contributed by atoms with Gasteiger partial charge in [0.2, 0.25) is 5.91 Å². The van der Waals surface area contributed by atoms with Gasteiger partial charge < -0.3 is 4.90 Å². The van der Waals surface area contributed by atoms with Gasteiger partial charge in [-0.3, -0.25) is 4.79 Å². The molecule has 0 aromatic heterocycles. The second-order valence-electron chi connectivity index (χ2n) is 6.41. The predicted octanol–water partition coefficient (Wildman–Crippen LogP) is 3.02. The molecule has 22 heavy (non-hydrogen) atoms. The summed E-state index contributed by atoms with van der Waals surface area (Å²) in [4.78, 5) is 13.9. The Morgan fingerprint density at radius 2 is 1.55 bits per heavy atom. The number of rotatable bonds is 6. The van der Waals surface area contributed by atoms with E-state index in [1.807, 2.05) is 26.0 Å². The SMILES string of the molecule is CCN(CC)C(=O)CCS(=O)(=O)c1ccc(C(C)(C)C)cc1. The van der Waals surface area contributed by atoms with Gasteiger partial charge in [0.1, 0.15) is 0 Å². The molecule has 0 saturated heterocycles. The van der Waals surface area contributed by atoms with Gasteiger partial charge in [0, 0.05) is 19.5 Å². The summed E-state index contributed by atoms with van der Waals surface area (Å²) in [6.45, 7) is 11.2. The summed E-state index contributed by atoms with van der Waals surface area (Å²) in [6, 6.07) is 6.97. The summed E-state index contributed by atoms with van der Waals surface area (Å²) in [7, 11) is -3.42. The first-order chi connectivity index (χ1) is 10.1. The van der Waals surface area contributed by atoms with Crippen molar-refractivity contribution in [2.75, 3.05) is 18.8 Å². The van der Waals surface area contributed by atoms with Gasteiger partial charge >= 0.3 is 0 Å². The van der Waals surface area contributed by atoms with Gasteiger partial charge in [-0.15, -0.1) is 0 Å². The maximum Gasteiger partial charge on any atom is 0.223 e. The van der Waals surface area contributed by atoms with E-state index in [1.165, 1.54) is 0 Å². The molecular weight excluding hydrogens is 298 g/mol. The Morgan fingerprint density at radius 3 is 1.95 bits per heavy atom. The largest absolute Gasteiger partial charge is 0.343 e. The first-order valence-electron chi connectivity index (χ1n) is 7.73. The van der Waals surface area contributed by atoms with Gasteiger partial charge in [-0.05, 0) is 37.0 Å². The lowest BCUT2D eigenvalue weighted by molar-refractivity contribution is -0.130. The zero-order valence-corrected chi connectivity index (χ0v) is 15.0. The van der Waals surface area contributed by atoms with Crippen molar-refractivity contribution in [3.8, 4) is 0 Å². The molecule has 0 aliphatic rings. The fraction of sp³-hybridized carbons (Fsp3) is 0.588. The monoisotopic (exact) mass is 325 g/mol. The lowest BCUT2D eigenvalue weighted by Gasteiger charge is -2.19. The van der Waals surface area contributed by atoms with Crippen molar-refractivity contribution < 1.29 is 13.2 Å². The Morgan fingerprint density at radius 1 is 1.05 bits per heavy atom. The first-order valence-corrected chi connectivity index (χ1v) is 9.38. The van der Waals surface area contributed by atoms with Gasteiger partial charge in [-0.2, -0.15) is 0 Å². The van der Waals surface area contributed by atoms with Crippen molar-refractivity contribution in [3.05, 3.63) is 29.8 Å². The van der Waals surface area contributed by atoms with Crippen LogP contribution in [0.1, 0.15) is 46.6 Å². The Labute approximate surface area is 134 Å². The molecule has 0 bridgehead atoms. The third-order valence-corrected chi connectivity index (χ3v) is 5.51. The number of amides is 1. The van der Waals surface area contributed by atoms with Crippen LogP contribution in [-0.2, 0) is 20.0 Å². The highest BCUT2D eigenvalue weighted by atomic mass is 32.2. The maximum atomic E-state index is 12.3. The molecule has 1 aromatic rings. The molecule has 0 spiro atoms. The average Bonchev–Trinajstić information content (AvgIpc) is 2.46. The van der Waals surface area contributed by atoms with E-state index >= 15 is 0 Å². The van der Waals surface area contributed by atoms with Crippen LogP contribution in [0, 0.1) is 0 Å². The lowest BCUT2D eigenvalue weighted by atomic mass is 9.87. The summed E-state index contributed by atoms with van der Waals surface area (Å²) in [5.74, 6) is -0.253. The van der Waals surface area contributed by atoms with Crippen molar-refractivity contribution in [2.45, 2.75) is 51.3 Å². The summed E-state index contributed by atoms with van der Waals surface area (Å²) in [6.07, 6.45) is 0.0328. The zero-order valence-electron chi connectivity index (χ0n) is 14.2. The van der Waals surface area contributed by atoms with Crippen LogP contribution in [-0.4, -0.2) is 38.1 Å². The number of hydrogen-bond donors (Lipinski definition) is 0. The van der Waals surface area contributed by atoms with Gasteiger partial charge in [0.25, 0.3) is 0 Å². The summed E-state index contributed by atoms with van der Waals surface area (Å²) in [5.41, 5.74) is 1.08. The number of hydrogen-bond acceptors (Lipinski definition) is 3. The third-order valence-electron chi connectivity index (χ3n) is 3.78. The average molecular weight is 325 g/mol. The Balaban J connectivity index is 2.81. The predicted molar refractivity (Wildman–Crippen MR) is 89.7 cm³/mol. The Kier molecular flexibility index (Phi) is 6.17. The molecule has 0 aliphatic heterocycles. The van der Waals surface area contributed by atoms with Crippen LogP contribution >= 0.6 is 0 Å². The van der Waals surface area contributed by atoms with E-state index in [0.29, 0.717) is 13.1 Å². The van der Waals surface area contributed by atoms with E-state index in [9.17, 15) is 13.2 Å². The second kappa shape index (κ2) is 7.27. The van der Waals surface area contributed by atoms with Crippen LogP contribution in [0.3, 0.4) is 0 Å². The van der Waals surface area contributed by atoms with Gasteiger partial charge in [-0.25, -0.2) is 8.42 Å². The Bertz CT molecular complexity index is 594.